The Kier molecular flexibility index (Phi) is 5.91. The van der Waals surface area contributed by atoms with Gasteiger partial charge in [0.1, 0.15) is 11.6 Å². The topological polar surface area (TPSA) is 62.5 Å². The van der Waals surface area contributed by atoms with Crippen LogP contribution in [0.4, 0.5) is 4.39 Å². The van der Waals surface area contributed by atoms with Crippen molar-refractivity contribution in [1.29, 1.82) is 0 Å². The molecule has 2 atom stereocenters. The summed E-state index contributed by atoms with van der Waals surface area (Å²) in [7, 11) is 0. The van der Waals surface area contributed by atoms with Crippen LogP contribution in [0.25, 0.3) is 0 Å². The Labute approximate surface area is 154 Å². The SMILES string of the molecule is CCNC(=NCc1c(CC)noc1CC)NC1CC1c1ccccc1F. The molecular weight excluding hydrogens is 331 g/mol. The average molecular weight is 358 g/mol. The zero-order valence-corrected chi connectivity index (χ0v) is 15.7. The van der Waals surface area contributed by atoms with Crippen LogP contribution in [0.5, 0.6) is 0 Å². The number of hydrogen-bond acceptors (Lipinski definition) is 3. The molecule has 1 aromatic carbocycles. The molecule has 2 aromatic rings. The van der Waals surface area contributed by atoms with Crippen molar-refractivity contribution in [1.82, 2.24) is 15.8 Å². The second-order valence-electron chi connectivity index (χ2n) is 6.55. The molecule has 2 N–H and O–H groups in total. The van der Waals surface area contributed by atoms with E-state index in [2.05, 4.69) is 29.6 Å². The van der Waals surface area contributed by atoms with E-state index in [0.29, 0.717) is 6.54 Å². The number of aromatic nitrogens is 1. The quantitative estimate of drug-likeness (QED) is 0.587. The summed E-state index contributed by atoms with van der Waals surface area (Å²) < 4.78 is 19.4. The Balaban J connectivity index is 1.68. The summed E-state index contributed by atoms with van der Waals surface area (Å²) in [6, 6.07) is 7.21. The lowest BCUT2D eigenvalue weighted by Gasteiger charge is -2.11. The molecule has 0 amide bonds. The summed E-state index contributed by atoms with van der Waals surface area (Å²) in [5.41, 5.74) is 2.83. The lowest BCUT2D eigenvalue weighted by atomic mass is 10.1. The van der Waals surface area contributed by atoms with Crippen LogP contribution in [0.3, 0.4) is 0 Å². The Bertz CT molecular complexity index is 749. The second-order valence-corrected chi connectivity index (χ2v) is 6.55. The largest absolute Gasteiger partial charge is 0.361 e. The van der Waals surface area contributed by atoms with Crippen LogP contribution >= 0.6 is 0 Å². The Morgan fingerprint density at radius 1 is 1.27 bits per heavy atom. The van der Waals surface area contributed by atoms with Gasteiger partial charge in [-0.05, 0) is 31.4 Å². The van der Waals surface area contributed by atoms with Gasteiger partial charge in [-0.3, -0.25) is 0 Å². The minimum absolute atomic E-state index is 0.131. The van der Waals surface area contributed by atoms with Crippen LogP contribution in [0, 0.1) is 5.82 Å². The molecule has 1 saturated carbocycles. The van der Waals surface area contributed by atoms with Crippen molar-refractivity contribution < 1.29 is 8.91 Å². The fourth-order valence-corrected chi connectivity index (χ4v) is 3.24. The van der Waals surface area contributed by atoms with E-state index in [1.54, 1.807) is 6.07 Å². The highest BCUT2D eigenvalue weighted by Gasteiger charge is 2.40. The number of aliphatic imine (C=N–C) groups is 1. The van der Waals surface area contributed by atoms with Crippen LogP contribution < -0.4 is 10.6 Å². The number of nitrogens with zero attached hydrogens (tertiary/aromatic N) is 2. The van der Waals surface area contributed by atoms with Gasteiger partial charge in [0.15, 0.2) is 5.96 Å². The maximum atomic E-state index is 13.9. The summed E-state index contributed by atoms with van der Waals surface area (Å²) in [6.07, 6.45) is 2.55. The standard InChI is InChI=1S/C20H27FN4O/c1-4-17-15(19(5-2)26-25-17)12-23-20(22-6-3)24-18-11-14(18)13-9-7-8-10-16(13)21/h7-10,14,18H,4-6,11-12H2,1-3H3,(H2,22,23,24). The first kappa shape index (κ1) is 18.4. The number of guanidine groups is 1. The van der Waals surface area contributed by atoms with Crippen molar-refractivity contribution in [3.05, 3.63) is 52.7 Å². The van der Waals surface area contributed by atoms with Crippen LogP contribution in [0.15, 0.2) is 33.8 Å². The smallest absolute Gasteiger partial charge is 0.191 e. The van der Waals surface area contributed by atoms with Gasteiger partial charge >= 0.3 is 0 Å². The van der Waals surface area contributed by atoms with Gasteiger partial charge in [-0.2, -0.15) is 0 Å². The molecular formula is C20H27FN4O. The van der Waals surface area contributed by atoms with Gasteiger partial charge in [-0.1, -0.05) is 37.2 Å². The Morgan fingerprint density at radius 2 is 2.08 bits per heavy atom. The molecule has 6 heteroatoms. The number of hydrogen-bond donors (Lipinski definition) is 2. The molecule has 2 unspecified atom stereocenters. The first-order chi connectivity index (χ1) is 12.7. The molecule has 5 nitrogen and oxygen atoms in total. The van der Waals surface area contributed by atoms with E-state index in [1.807, 2.05) is 19.1 Å². The number of aryl methyl sites for hydroxylation is 2. The lowest BCUT2D eigenvalue weighted by Crippen LogP contribution is -2.39. The Morgan fingerprint density at radius 3 is 2.77 bits per heavy atom. The normalized spacial score (nSPS) is 19.5. The van der Waals surface area contributed by atoms with Crippen LogP contribution in [-0.4, -0.2) is 23.7 Å². The number of halogens is 1. The minimum atomic E-state index is -0.131. The molecule has 1 aromatic heterocycles. The van der Waals surface area contributed by atoms with Gasteiger partial charge in [0.2, 0.25) is 0 Å². The van der Waals surface area contributed by atoms with Crippen molar-refractivity contribution >= 4 is 5.96 Å². The molecule has 1 fully saturated rings. The third kappa shape index (κ3) is 4.06. The van der Waals surface area contributed by atoms with Gasteiger partial charge in [0, 0.05) is 30.5 Å². The van der Waals surface area contributed by atoms with Gasteiger partial charge in [0.25, 0.3) is 0 Å². The molecule has 3 rings (SSSR count). The van der Waals surface area contributed by atoms with E-state index in [1.165, 1.54) is 6.07 Å². The molecule has 1 aliphatic rings. The molecule has 1 heterocycles. The first-order valence-corrected chi connectivity index (χ1v) is 9.43. The monoisotopic (exact) mass is 358 g/mol. The van der Waals surface area contributed by atoms with Crippen LogP contribution in [-0.2, 0) is 19.4 Å². The molecule has 26 heavy (non-hydrogen) atoms. The molecule has 140 valence electrons. The maximum absolute atomic E-state index is 13.9. The fourth-order valence-electron chi connectivity index (χ4n) is 3.24. The van der Waals surface area contributed by atoms with Gasteiger partial charge in [-0.25, -0.2) is 9.38 Å². The Hall–Kier alpha value is -2.37. The molecule has 0 radical (unpaired) electrons. The van der Waals surface area contributed by atoms with Gasteiger partial charge in [-0.15, -0.1) is 0 Å². The van der Waals surface area contributed by atoms with Crippen molar-refractivity contribution in [2.45, 2.75) is 58.5 Å². The second kappa shape index (κ2) is 8.34. The van der Waals surface area contributed by atoms with E-state index in [9.17, 15) is 4.39 Å². The lowest BCUT2D eigenvalue weighted by molar-refractivity contribution is 0.380. The van der Waals surface area contributed by atoms with Crippen molar-refractivity contribution in [2.24, 2.45) is 4.99 Å². The van der Waals surface area contributed by atoms with E-state index in [0.717, 1.165) is 54.3 Å². The zero-order valence-electron chi connectivity index (χ0n) is 15.7. The zero-order chi connectivity index (χ0) is 18.5. The third-order valence-corrected chi connectivity index (χ3v) is 4.76. The summed E-state index contributed by atoms with van der Waals surface area (Å²) in [6.45, 7) is 7.46. The van der Waals surface area contributed by atoms with Crippen molar-refractivity contribution in [2.75, 3.05) is 6.54 Å². The van der Waals surface area contributed by atoms with Crippen LogP contribution in [0.2, 0.25) is 0 Å². The van der Waals surface area contributed by atoms with Crippen molar-refractivity contribution in [3.63, 3.8) is 0 Å². The average Bonchev–Trinajstić information content (AvgIpc) is 3.28. The molecule has 0 aliphatic heterocycles. The number of benzene rings is 1. The van der Waals surface area contributed by atoms with E-state index in [4.69, 9.17) is 9.52 Å². The van der Waals surface area contributed by atoms with Gasteiger partial charge < -0.3 is 15.2 Å². The van der Waals surface area contributed by atoms with E-state index < -0.39 is 0 Å². The molecule has 0 bridgehead atoms. The highest BCUT2D eigenvalue weighted by molar-refractivity contribution is 5.80. The summed E-state index contributed by atoms with van der Waals surface area (Å²) in [5, 5.41) is 10.8. The van der Waals surface area contributed by atoms with Crippen molar-refractivity contribution in [3.8, 4) is 0 Å². The highest BCUT2D eigenvalue weighted by Crippen LogP contribution is 2.41. The molecule has 1 aliphatic carbocycles. The van der Waals surface area contributed by atoms with E-state index >= 15 is 0 Å². The predicted octanol–water partition coefficient (Wildman–Crippen LogP) is 3.55. The highest BCUT2D eigenvalue weighted by atomic mass is 19.1. The fraction of sp³-hybridized carbons (Fsp3) is 0.500. The van der Waals surface area contributed by atoms with Crippen LogP contribution in [0.1, 0.15) is 55.7 Å². The maximum Gasteiger partial charge on any atom is 0.191 e. The molecule has 0 spiro atoms. The number of rotatable bonds is 7. The summed E-state index contributed by atoms with van der Waals surface area (Å²) in [4.78, 5) is 4.70. The first-order valence-electron chi connectivity index (χ1n) is 9.43. The summed E-state index contributed by atoms with van der Waals surface area (Å²) >= 11 is 0. The number of nitrogens with one attached hydrogen (secondary N) is 2. The predicted molar refractivity (Wildman–Crippen MR) is 101 cm³/mol. The summed E-state index contributed by atoms with van der Waals surface area (Å²) in [5.74, 6) is 1.72. The van der Waals surface area contributed by atoms with Gasteiger partial charge in [0.05, 0.1) is 12.2 Å². The van der Waals surface area contributed by atoms with E-state index in [-0.39, 0.29) is 17.8 Å². The molecule has 0 saturated heterocycles. The minimum Gasteiger partial charge on any atom is -0.361 e. The third-order valence-electron chi connectivity index (χ3n) is 4.76.